The summed E-state index contributed by atoms with van der Waals surface area (Å²) >= 11 is 0. The molecule has 0 aliphatic rings. The average molecular weight is 677 g/mol. The van der Waals surface area contributed by atoms with Crippen LogP contribution in [0.2, 0.25) is 0 Å². The fraction of sp³-hybridized carbons (Fsp3) is 0. The third-order valence-corrected chi connectivity index (χ3v) is 8.57. The minimum absolute atomic E-state index is 0.389. The number of hydrogen-bond acceptors (Lipinski definition) is 1. The van der Waals surface area contributed by atoms with E-state index in [9.17, 15) is 17.8 Å². The molecule has 0 saturated heterocycles. The lowest BCUT2D eigenvalue weighted by molar-refractivity contribution is 0.669. The van der Waals surface area contributed by atoms with Crippen molar-refractivity contribution < 1.29 is 45.5 Å². The molecule has 1 heterocycles. The molecule has 0 aliphatic heterocycles. The molecule has 0 N–H and O–H groups in total. The smallest absolute Gasteiger partial charge is 0.136 e. The van der Waals surface area contributed by atoms with Crippen molar-refractivity contribution in [2.24, 2.45) is 0 Å². The van der Waals surface area contributed by atoms with Gasteiger partial charge in [-0.05, 0) is 111 Å². The van der Waals surface area contributed by atoms with E-state index in [0.717, 1.165) is 0 Å². The van der Waals surface area contributed by atoms with Gasteiger partial charge in [-0.2, -0.15) is 0 Å². The molecule has 51 heavy (non-hydrogen) atoms. The van der Waals surface area contributed by atoms with Crippen molar-refractivity contribution in [2.45, 2.75) is 0 Å². The molecule has 0 aliphatic carbocycles. The summed E-state index contributed by atoms with van der Waals surface area (Å²) in [4.78, 5) is 0. The Morgan fingerprint density at radius 3 is 1.59 bits per heavy atom. The molecular weight excluding hydrogens is 617 g/mol. The first-order valence-corrected chi connectivity index (χ1v) is 15.2. The van der Waals surface area contributed by atoms with E-state index in [1.165, 1.54) is 0 Å². The average Bonchev–Trinajstić information content (AvgIpc) is 4.07. The second-order valence-corrected chi connectivity index (χ2v) is 11.3. The van der Waals surface area contributed by atoms with Crippen LogP contribution in [0.1, 0.15) is 41.1 Å². The molecule has 11 aromatic rings. The molecule has 0 amide bonds. The van der Waals surface area contributed by atoms with Crippen LogP contribution in [0.25, 0.3) is 109 Å². The molecule has 0 radical (unpaired) electrons. The van der Waals surface area contributed by atoms with Gasteiger partial charge in [-0.3, -0.25) is 0 Å². The second kappa shape index (κ2) is 10.9. The highest BCUT2D eigenvalue weighted by Gasteiger charge is 2.19. The summed E-state index contributed by atoms with van der Waals surface area (Å²) in [6.07, 6.45) is 0. The minimum Gasteiger partial charge on any atom is -0.456 e. The molecule has 0 spiro atoms. The number of fused-ring (bicyclic) bond motifs is 9. The first-order valence-electron chi connectivity index (χ1n) is 30.2. The lowest BCUT2D eigenvalue weighted by Gasteiger charge is -2.19. The van der Waals surface area contributed by atoms with Crippen LogP contribution in [0.4, 0.5) is 0 Å². The molecule has 10 aromatic carbocycles. The molecule has 0 saturated carbocycles. The Hall–Kier alpha value is -6.70. The largest absolute Gasteiger partial charge is 0.456 e. The van der Waals surface area contributed by atoms with E-state index >= 15 is 0 Å². The van der Waals surface area contributed by atoms with E-state index in [1.807, 2.05) is 0 Å². The predicted molar refractivity (Wildman–Crippen MR) is 218 cm³/mol. The lowest BCUT2D eigenvalue weighted by Crippen LogP contribution is -1.92. The Morgan fingerprint density at radius 1 is 0.314 bits per heavy atom. The summed E-state index contributed by atoms with van der Waals surface area (Å²) in [7, 11) is 0. The van der Waals surface area contributed by atoms with Gasteiger partial charge in [0.05, 0.1) is 41.1 Å². The normalized spacial score (nSPS) is 20.2. The first-order chi connectivity index (χ1) is 37.8. The Morgan fingerprint density at radius 2 is 0.843 bits per heavy atom. The van der Waals surface area contributed by atoms with Crippen molar-refractivity contribution in [3.05, 3.63) is 181 Å². The maximum Gasteiger partial charge on any atom is 0.136 e. The second-order valence-electron chi connectivity index (χ2n) is 11.3. The molecule has 0 atom stereocenters. The Bertz CT molecular complexity index is 4840. The standard InChI is InChI=1S/C50H30O/c1-3-15-36-31(11-1)13-9-22-40(36)49-43-19-7-5-17-41(43)48(42-18-6-8-20-44(42)49)35-23-26-38-33(29-35)14-10-21-37(38)34-25-27-46-45(30-34)50-39-16-4-2-12-32(39)24-28-47(50)51-46/h1-30H/i1D,2D,3D,4D,5D,6D,7D,8D,9D,10D,11D,12D,13D,14D,15D,16D,17D,18D,19D,20D,21D,22D,23D,24D,25D,26D,27D,28D,29D,30D. The van der Waals surface area contributed by atoms with E-state index in [0.29, 0.717) is 0 Å². The zero-order valence-corrected chi connectivity index (χ0v) is 25.4. The van der Waals surface area contributed by atoms with Crippen molar-refractivity contribution in [1.29, 1.82) is 0 Å². The highest BCUT2D eigenvalue weighted by Crippen LogP contribution is 2.46. The number of benzene rings is 10. The topological polar surface area (TPSA) is 13.1 Å². The fourth-order valence-electron chi connectivity index (χ4n) is 6.42. The van der Waals surface area contributed by atoms with E-state index in [4.69, 9.17) is 27.7 Å². The minimum atomic E-state index is -1.13. The van der Waals surface area contributed by atoms with Crippen LogP contribution in [0.15, 0.2) is 186 Å². The van der Waals surface area contributed by atoms with Gasteiger partial charge >= 0.3 is 0 Å². The van der Waals surface area contributed by atoms with Crippen molar-refractivity contribution in [2.75, 3.05) is 0 Å². The SMILES string of the molecule is [2H]c1c(-c2c([2H])c([2H])c([2H])c3c([2H])c(-c4c5c([2H])c([2H])c([2H])c([2H])c5c(-c5c([2H])c([2H])c([2H])c6c([2H])c([2H])c([2H])c([2H])c56)c5c([2H])c([2H])c([2H])c([2H])c45)c([2H])c([2H])c23)c([2H])c2c(oc3c([2H])c([2H])c4c([2H])c([2H])c([2H])c([2H])c4c32)c1[2H]. The zero-order chi connectivity index (χ0) is 59.6. The predicted octanol–water partition coefficient (Wildman–Crippen LogP) is 14.4. The molecule has 236 valence electrons. The maximum absolute atomic E-state index is 9.99. The number of furan rings is 1. The summed E-state index contributed by atoms with van der Waals surface area (Å²) in [6.45, 7) is 0. The van der Waals surface area contributed by atoms with Crippen LogP contribution >= 0.6 is 0 Å². The third kappa shape index (κ3) is 4.22. The van der Waals surface area contributed by atoms with Gasteiger partial charge in [0, 0.05) is 10.8 Å². The van der Waals surface area contributed by atoms with Gasteiger partial charge in [-0.15, -0.1) is 0 Å². The van der Waals surface area contributed by atoms with Crippen molar-refractivity contribution in [3.63, 3.8) is 0 Å². The van der Waals surface area contributed by atoms with E-state index < -0.39 is 285 Å². The van der Waals surface area contributed by atoms with Gasteiger partial charge in [-0.25, -0.2) is 0 Å². The Kier molecular flexibility index (Phi) is 2.50. The van der Waals surface area contributed by atoms with Gasteiger partial charge in [-0.1, -0.05) is 157 Å². The van der Waals surface area contributed by atoms with Gasteiger partial charge in [0.25, 0.3) is 0 Å². The van der Waals surface area contributed by atoms with E-state index in [1.54, 1.807) is 0 Å². The molecule has 11 rings (SSSR count). The Labute approximate surface area is 336 Å². The fourth-order valence-corrected chi connectivity index (χ4v) is 6.42. The summed E-state index contributed by atoms with van der Waals surface area (Å²) in [5.41, 5.74) is -5.85. The van der Waals surface area contributed by atoms with Crippen molar-refractivity contribution in [1.82, 2.24) is 0 Å². The van der Waals surface area contributed by atoms with E-state index in [-0.39, 0.29) is 5.39 Å². The number of hydrogen-bond donors (Lipinski definition) is 0. The quantitative estimate of drug-likeness (QED) is 0.170. The van der Waals surface area contributed by atoms with Crippen LogP contribution in [0, 0.1) is 0 Å². The van der Waals surface area contributed by atoms with Crippen LogP contribution in [0.5, 0.6) is 0 Å². The molecule has 1 nitrogen and oxygen atoms in total. The summed E-state index contributed by atoms with van der Waals surface area (Å²) in [5, 5.41) is -7.77. The zero-order valence-electron chi connectivity index (χ0n) is 55.4. The van der Waals surface area contributed by atoms with Gasteiger partial charge in [0.1, 0.15) is 11.2 Å². The summed E-state index contributed by atoms with van der Waals surface area (Å²) in [6, 6.07) is -28.2. The molecule has 0 bridgehead atoms. The van der Waals surface area contributed by atoms with Crippen LogP contribution in [-0.4, -0.2) is 0 Å². The maximum atomic E-state index is 9.99. The van der Waals surface area contributed by atoms with Gasteiger partial charge < -0.3 is 4.42 Å². The van der Waals surface area contributed by atoms with Gasteiger partial charge in [0.2, 0.25) is 0 Å². The Balaban J connectivity index is 1.38. The first kappa shape index (κ1) is 11.7. The van der Waals surface area contributed by atoms with Crippen molar-refractivity contribution in [3.8, 4) is 33.4 Å². The number of rotatable bonds is 3. The van der Waals surface area contributed by atoms with Gasteiger partial charge in [0.15, 0.2) is 0 Å². The molecule has 1 aromatic heterocycles. The molecular formula is C50H30O. The molecule has 1 heteroatoms. The highest BCUT2D eigenvalue weighted by atomic mass is 16.3. The van der Waals surface area contributed by atoms with Crippen molar-refractivity contribution >= 4 is 75.8 Å². The van der Waals surface area contributed by atoms with Crippen LogP contribution in [0.3, 0.4) is 0 Å². The lowest BCUT2D eigenvalue weighted by atomic mass is 9.84. The summed E-state index contributed by atoms with van der Waals surface area (Å²) < 4.78 is 279. The monoisotopic (exact) mass is 676 g/mol. The molecule has 0 fully saturated rings. The highest BCUT2D eigenvalue weighted by molar-refractivity contribution is 6.24. The van der Waals surface area contributed by atoms with E-state index in [2.05, 4.69) is 0 Å². The van der Waals surface area contributed by atoms with Crippen LogP contribution in [-0.2, 0) is 0 Å². The summed E-state index contributed by atoms with van der Waals surface area (Å²) in [5.74, 6) is 0. The van der Waals surface area contributed by atoms with Crippen LogP contribution < -0.4 is 0 Å². The molecule has 0 unspecified atom stereocenters. The third-order valence-electron chi connectivity index (χ3n) is 8.57.